The maximum absolute atomic E-state index is 12.5. The van der Waals surface area contributed by atoms with Crippen molar-refractivity contribution in [2.45, 2.75) is 19.9 Å². The van der Waals surface area contributed by atoms with Gasteiger partial charge in [-0.2, -0.15) is 0 Å². The summed E-state index contributed by atoms with van der Waals surface area (Å²) in [5, 5.41) is 21.1. The molecule has 2 atom stereocenters. The number of carboxylic acid groups (broad SMARTS) is 1. The Balaban J connectivity index is 2.30. The van der Waals surface area contributed by atoms with Crippen molar-refractivity contribution in [2.24, 2.45) is 10.9 Å². The molecule has 27 heavy (non-hydrogen) atoms. The average Bonchev–Trinajstić information content (AvgIpc) is 2.75. The van der Waals surface area contributed by atoms with Crippen LogP contribution in [0, 0.1) is 16.0 Å². The minimum Gasteiger partial charge on any atom is -0.481 e. The van der Waals surface area contributed by atoms with Gasteiger partial charge in [-0.15, -0.1) is 0 Å². The number of anilines is 1. The number of para-hydroxylation sites is 2. The molecule has 1 N–H and O–H groups in total. The molecule has 3 rings (SSSR count). The highest BCUT2D eigenvalue weighted by Gasteiger charge is 2.41. The van der Waals surface area contributed by atoms with E-state index in [1.807, 2.05) is 0 Å². The van der Waals surface area contributed by atoms with Crippen LogP contribution in [0.25, 0.3) is 0 Å². The first-order valence-electron chi connectivity index (χ1n) is 8.22. The molecule has 0 fully saturated rings. The number of nitro groups is 1. The Bertz CT molecular complexity index is 969. The average molecular weight is 367 g/mol. The summed E-state index contributed by atoms with van der Waals surface area (Å²) in [5.74, 6) is -2.69. The monoisotopic (exact) mass is 367 g/mol. The van der Waals surface area contributed by atoms with Crippen molar-refractivity contribution in [3.8, 4) is 0 Å². The summed E-state index contributed by atoms with van der Waals surface area (Å²) in [7, 11) is 0. The van der Waals surface area contributed by atoms with E-state index in [1.165, 1.54) is 30.0 Å². The molecule has 2 aromatic carbocycles. The predicted molar refractivity (Wildman–Crippen MR) is 99.3 cm³/mol. The smallest absolute Gasteiger partial charge is 0.314 e. The van der Waals surface area contributed by atoms with Crippen LogP contribution in [0.4, 0.5) is 17.1 Å². The number of carbonyl (C=O) groups excluding carboxylic acids is 1. The van der Waals surface area contributed by atoms with Crippen molar-refractivity contribution in [2.75, 3.05) is 4.90 Å². The number of carbonyl (C=O) groups is 2. The van der Waals surface area contributed by atoms with Gasteiger partial charge >= 0.3 is 5.97 Å². The van der Waals surface area contributed by atoms with Crippen molar-refractivity contribution in [3.63, 3.8) is 0 Å². The first-order valence-corrected chi connectivity index (χ1v) is 8.22. The van der Waals surface area contributed by atoms with Crippen LogP contribution in [0.3, 0.4) is 0 Å². The van der Waals surface area contributed by atoms with E-state index in [0.717, 1.165) is 0 Å². The molecule has 1 aliphatic heterocycles. The third kappa shape index (κ3) is 3.29. The summed E-state index contributed by atoms with van der Waals surface area (Å²) >= 11 is 0. The van der Waals surface area contributed by atoms with Gasteiger partial charge in [0.1, 0.15) is 5.92 Å². The molecule has 0 radical (unpaired) electrons. The lowest BCUT2D eigenvalue weighted by molar-refractivity contribution is -0.384. The van der Waals surface area contributed by atoms with E-state index < -0.39 is 22.9 Å². The normalized spacial score (nSPS) is 18.9. The zero-order valence-corrected chi connectivity index (χ0v) is 14.7. The highest BCUT2D eigenvalue weighted by molar-refractivity contribution is 6.07. The molecule has 0 saturated carbocycles. The second-order valence-corrected chi connectivity index (χ2v) is 6.24. The fourth-order valence-electron chi connectivity index (χ4n) is 3.39. The number of amides is 1. The summed E-state index contributed by atoms with van der Waals surface area (Å²) in [6.45, 7) is 2.92. The predicted octanol–water partition coefficient (Wildman–Crippen LogP) is 3.50. The second-order valence-electron chi connectivity index (χ2n) is 6.24. The molecule has 1 heterocycles. The molecule has 0 aromatic heterocycles. The van der Waals surface area contributed by atoms with Gasteiger partial charge in [0, 0.05) is 24.8 Å². The van der Waals surface area contributed by atoms with Gasteiger partial charge in [-0.1, -0.05) is 24.3 Å². The van der Waals surface area contributed by atoms with Crippen molar-refractivity contribution in [1.29, 1.82) is 0 Å². The number of aliphatic carboxylic acids is 1. The van der Waals surface area contributed by atoms with E-state index in [1.54, 1.807) is 37.3 Å². The standard InChI is InChI=1S/C19H17N3O5/c1-11-17(19(24)25)18(13-6-5-7-14(10-13)22(26)27)21(12(2)23)16-9-4-3-8-15(16)20-11/h3-10,17-18H,1-2H3,(H,24,25). The molecular weight excluding hydrogens is 350 g/mol. The molecule has 138 valence electrons. The van der Waals surface area contributed by atoms with Gasteiger partial charge in [0.05, 0.1) is 22.3 Å². The molecule has 0 bridgehead atoms. The van der Waals surface area contributed by atoms with E-state index in [2.05, 4.69) is 4.99 Å². The molecule has 0 aliphatic carbocycles. The van der Waals surface area contributed by atoms with Gasteiger partial charge in [0.15, 0.2) is 0 Å². The molecule has 2 unspecified atom stereocenters. The van der Waals surface area contributed by atoms with Gasteiger partial charge in [-0.05, 0) is 24.6 Å². The third-order valence-electron chi connectivity index (χ3n) is 4.51. The van der Waals surface area contributed by atoms with Gasteiger partial charge in [0.25, 0.3) is 5.69 Å². The Labute approximate surface area is 154 Å². The van der Waals surface area contributed by atoms with E-state index in [4.69, 9.17) is 0 Å². The van der Waals surface area contributed by atoms with E-state index in [9.17, 15) is 24.8 Å². The summed E-state index contributed by atoms with van der Waals surface area (Å²) < 4.78 is 0. The molecule has 1 amide bonds. The quantitative estimate of drug-likeness (QED) is 0.659. The van der Waals surface area contributed by atoms with Crippen LogP contribution in [-0.4, -0.2) is 27.6 Å². The van der Waals surface area contributed by atoms with Gasteiger partial charge in [-0.3, -0.25) is 24.7 Å². The van der Waals surface area contributed by atoms with Crippen molar-refractivity contribution in [3.05, 3.63) is 64.2 Å². The lowest BCUT2D eigenvalue weighted by Gasteiger charge is -2.33. The van der Waals surface area contributed by atoms with Gasteiger partial charge in [0.2, 0.25) is 5.91 Å². The summed E-state index contributed by atoms with van der Waals surface area (Å²) in [6, 6.07) is 11.6. The summed E-state index contributed by atoms with van der Waals surface area (Å²) in [4.78, 5) is 41.0. The second kappa shape index (κ2) is 6.99. The Hall–Kier alpha value is -3.55. The zero-order valence-electron chi connectivity index (χ0n) is 14.7. The van der Waals surface area contributed by atoms with Crippen LogP contribution in [0.15, 0.2) is 53.5 Å². The van der Waals surface area contributed by atoms with E-state index in [-0.39, 0.29) is 11.6 Å². The number of nitrogens with zero attached hydrogens (tertiary/aromatic N) is 3. The highest BCUT2D eigenvalue weighted by Crippen LogP contribution is 2.42. The number of carboxylic acids is 1. The maximum atomic E-state index is 12.5. The minimum atomic E-state index is -1.16. The minimum absolute atomic E-state index is 0.174. The largest absolute Gasteiger partial charge is 0.481 e. The van der Waals surface area contributed by atoms with E-state index in [0.29, 0.717) is 22.6 Å². The van der Waals surface area contributed by atoms with E-state index >= 15 is 0 Å². The Morgan fingerprint density at radius 1 is 1.19 bits per heavy atom. The molecule has 8 nitrogen and oxygen atoms in total. The van der Waals surface area contributed by atoms with Crippen LogP contribution < -0.4 is 4.90 Å². The molecule has 0 spiro atoms. The molecule has 2 aromatic rings. The van der Waals surface area contributed by atoms with Gasteiger partial charge in [-0.25, -0.2) is 0 Å². The highest BCUT2D eigenvalue weighted by atomic mass is 16.6. The number of non-ortho nitro benzene ring substituents is 1. The summed E-state index contributed by atoms with van der Waals surface area (Å²) in [5.41, 5.74) is 1.44. The number of fused-ring (bicyclic) bond motifs is 1. The van der Waals surface area contributed by atoms with Crippen LogP contribution in [0.2, 0.25) is 0 Å². The lowest BCUT2D eigenvalue weighted by atomic mass is 9.88. The number of hydrogen-bond donors (Lipinski definition) is 1. The fraction of sp³-hybridized carbons (Fsp3) is 0.211. The van der Waals surface area contributed by atoms with Crippen LogP contribution in [0.5, 0.6) is 0 Å². The molecule has 1 aliphatic rings. The van der Waals surface area contributed by atoms with Crippen molar-refractivity contribution < 1.29 is 19.6 Å². The third-order valence-corrected chi connectivity index (χ3v) is 4.51. The number of benzene rings is 2. The number of rotatable bonds is 3. The molecule has 0 saturated heterocycles. The Morgan fingerprint density at radius 3 is 2.52 bits per heavy atom. The van der Waals surface area contributed by atoms with Crippen LogP contribution >= 0.6 is 0 Å². The SMILES string of the molecule is CC(=O)N1c2ccccc2N=C(C)C(C(=O)O)C1c1cccc([N+](=O)[O-])c1. The summed E-state index contributed by atoms with van der Waals surface area (Å²) in [6.07, 6.45) is 0. The van der Waals surface area contributed by atoms with Crippen LogP contribution in [-0.2, 0) is 9.59 Å². The molecular formula is C19H17N3O5. The fourth-order valence-corrected chi connectivity index (χ4v) is 3.39. The molecule has 8 heteroatoms. The Kier molecular flexibility index (Phi) is 4.72. The lowest BCUT2D eigenvalue weighted by Crippen LogP contribution is -2.41. The number of aliphatic imine (C=N–C) groups is 1. The number of nitro benzene ring substituents is 1. The zero-order chi connectivity index (χ0) is 19.7. The van der Waals surface area contributed by atoms with Crippen LogP contribution in [0.1, 0.15) is 25.5 Å². The first-order chi connectivity index (χ1) is 12.8. The maximum Gasteiger partial charge on any atom is 0.314 e. The Morgan fingerprint density at radius 2 is 1.89 bits per heavy atom. The van der Waals surface area contributed by atoms with Gasteiger partial charge < -0.3 is 10.0 Å². The first kappa shape index (κ1) is 18.2. The number of hydrogen-bond acceptors (Lipinski definition) is 5. The topological polar surface area (TPSA) is 113 Å². The van der Waals surface area contributed by atoms with Crippen molar-refractivity contribution in [1.82, 2.24) is 0 Å². The van der Waals surface area contributed by atoms with Crippen molar-refractivity contribution >= 4 is 34.7 Å².